The van der Waals surface area contributed by atoms with E-state index < -0.39 is 0 Å². The van der Waals surface area contributed by atoms with Crippen LogP contribution >= 0.6 is 0 Å². The lowest BCUT2D eigenvalue weighted by molar-refractivity contribution is -0.122. The Labute approximate surface area is 123 Å². The van der Waals surface area contributed by atoms with Gasteiger partial charge in [0.2, 0.25) is 5.91 Å². The number of hydrogen-bond donors (Lipinski definition) is 2. The van der Waals surface area contributed by atoms with Crippen molar-refractivity contribution in [2.24, 2.45) is 5.92 Å². The molecule has 0 aromatic carbocycles. The monoisotopic (exact) mass is 281 g/mol. The summed E-state index contributed by atoms with van der Waals surface area (Å²) >= 11 is 0. The molecule has 4 nitrogen and oxygen atoms in total. The van der Waals surface area contributed by atoms with Gasteiger partial charge in [-0.2, -0.15) is 0 Å². The first kappa shape index (κ1) is 15.8. The lowest BCUT2D eigenvalue weighted by Gasteiger charge is -2.36. The maximum atomic E-state index is 11.4. The normalized spacial score (nSPS) is 29.3. The Hall–Kier alpha value is -0.610. The Bertz CT molecular complexity index is 300. The first-order valence-electron chi connectivity index (χ1n) is 8.40. The van der Waals surface area contributed by atoms with E-state index in [0.717, 1.165) is 25.0 Å². The number of likely N-dealkylation sites (tertiary alicyclic amines) is 1. The van der Waals surface area contributed by atoms with Gasteiger partial charge < -0.3 is 10.6 Å². The lowest BCUT2D eigenvalue weighted by Crippen LogP contribution is -2.49. The number of carbonyl (C=O) groups is 1. The molecule has 1 saturated carbocycles. The van der Waals surface area contributed by atoms with E-state index in [1.54, 1.807) is 7.05 Å². The van der Waals surface area contributed by atoms with E-state index in [9.17, 15) is 4.79 Å². The van der Waals surface area contributed by atoms with Gasteiger partial charge in [0.25, 0.3) is 0 Å². The van der Waals surface area contributed by atoms with Crippen molar-refractivity contribution in [3.8, 4) is 0 Å². The Balaban J connectivity index is 1.67. The zero-order valence-electron chi connectivity index (χ0n) is 13.2. The van der Waals surface area contributed by atoms with Crippen LogP contribution in [0.25, 0.3) is 0 Å². The summed E-state index contributed by atoms with van der Waals surface area (Å²) in [5.41, 5.74) is 0. The minimum Gasteiger partial charge on any atom is -0.358 e. The van der Waals surface area contributed by atoms with E-state index in [1.807, 2.05) is 0 Å². The summed E-state index contributed by atoms with van der Waals surface area (Å²) in [6, 6.07) is 1.40. The number of amides is 1. The predicted octanol–water partition coefficient (Wildman–Crippen LogP) is 1.76. The number of carbonyl (C=O) groups excluding carboxylic acids is 1. The van der Waals surface area contributed by atoms with E-state index in [0.29, 0.717) is 12.6 Å². The van der Waals surface area contributed by atoms with Crippen LogP contribution in [-0.4, -0.2) is 49.6 Å². The third kappa shape index (κ3) is 4.74. The molecule has 2 fully saturated rings. The van der Waals surface area contributed by atoms with Crippen LogP contribution in [0.15, 0.2) is 0 Å². The zero-order chi connectivity index (χ0) is 14.4. The average Bonchev–Trinajstić information content (AvgIpc) is 2.49. The molecule has 20 heavy (non-hydrogen) atoms. The summed E-state index contributed by atoms with van der Waals surface area (Å²) in [6.45, 7) is 4.99. The van der Waals surface area contributed by atoms with Crippen molar-refractivity contribution >= 4 is 5.91 Å². The highest BCUT2D eigenvalue weighted by Crippen LogP contribution is 2.27. The van der Waals surface area contributed by atoms with E-state index >= 15 is 0 Å². The molecule has 1 aliphatic carbocycles. The van der Waals surface area contributed by atoms with Crippen LogP contribution in [0.2, 0.25) is 0 Å². The van der Waals surface area contributed by atoms with Crippen LogP contribution < -0.4 is 10.6 Å². The van der Waals surface area contributed by atoms with Crippen LogP contribution in [0.3, 0.4) is 0 Å². The van der Waals surface area contributed by atoms with Gasteiger partial charge in [0.05, 0.1) is 6.54 Å². The fourth-order valence-corrected chi connectivity index (χ4v) is 3.69. The number of nitrogens with one attached hydrogen (secondary N) is 2. The Morgan fingerprint density at radius 1 is 1.15 bits per heavy atom. The molecule has 1 heterocycles. The summed E-state index contributed by atoms with van der Waals surface area (Å²) < 4.78 is 0. The van der Waals surface area contributed by atoms with Gasteiger partial charge in [-0.3, -0.25) is 9.69 Å². The molecule has 0 bridgehead atoms. The van der Waals surface area contributed by atoms with Gasteiger partial charge in [0, 0.05) is 32.2 Å². The number of rotatable bonds is 5. The van der Waals surface area contributed by atoms with Gasteiger partial charge in [0.1, 0.15) is 0 Å². The van der Waals surface area contributed by atoms with Crippen molar-refractivity contribution < 1.29 is 4.79 Å². The number of hydrogen-bond acceptors (Lipinski definition) is 3. The summed E-state index contributed by atoms with van der Waals surface area (Å²) in [5.74, 6) is 1.07. The second-order valence-electron chi connectivity index (χ2n) is 6.53. The topological polar surface area (TPSA) is 44.4 Å². The summed E-state index contributed by atoms with van der Waals surface area (Å²) in [6.07, 6.45) is 9.26. The van der Waals surface area contributed by atoms with Gasteiger partial charge >= 0.3 is 0 Å². The highest BCUT2D eigenvalue weighted by atomic mass is 16.1. The van der Waals surface area contributed by atoms with E-state index in [2.05, 4.69) is 22.5 Å². The lowest BCUT2D eigenvalue weighted by atomic mass is 9.83. The molecule has 1 aliphatic heterocycles. The highest BCUT2D eigenvalue weighted by molar-refractivity contribution is 5.77. The SMILES string of the molecule is CCC1CCCC(NC2CCN(CC(=O)NC)CC2)C1. The fourth-order valence-electron chi connectivity index (χ4n) is 3.69. The molecule has 2 atom stereocenters. The van der Waals surface area contributed by atoms with Gasteiger partial charge in [-0.15, -0.1) is 0 Å². The van der Waals surface area contributed by atoms with E-state index in [1.165, 1.54) is 44.9 Å². The molecule has 2 rings (SSSR count). The van der Waals surface area contributed by atoms with Gasteiger partial charge in [0.15, 0.2) is 0 Å². The van der Waals surface area contributed by atoms with Gasteiger partial charge in [-0.1, -0.05) is 26.2 Å². The maximum Gasteiger partial charge on any atom is 0.233 e. The first-order valence-corrected chi connectivity index (χ1v) is 8.40. The largest absolute Gasteiger partial charge is 0.358 e. The molecule has 2 N–H and O–H groups in total. The van der Waals surface area contributed by atoms with Crippen molar-refractivity contribution in [2.45, 2.75) is 64.0 Å². The van der Waals surface area contributed by atoms with E-state index in [-0.39, 0.29) is 5.91 Å². The van der Waals surface area contributed by atoms with Crippen LogP contribution in [0.1, 0.15) is 51.9 Å². The van der Waals surface area contributed by atoms with Crippen LogP contribution in [0.5, 0.6) is 0 Å². The molecule has 1 saturated heterocycles. The third-order valence-corrected chi connectivity index (χ3v) is 5.07. The number of nitrogens with zero attached hydrogens (tertiary/aromatic N) is 1. The molecule has 4 heteroatoms. The zero-order valence-corrected chi connectivity index (χ0v) is 13.2. The van der Waals surface area contributed by atoms with Crippen LogP contribution in [0, 0.1) is 5.92 Å². The second-order valence-corrected chi connectivity index (χ2v) is 6.53. The maximum absolute atomic E-state index is 11.4. The van der Waals surface area contributed by atoms with Crippen molar-refractivity contribution in [3.05, 3.63) is 0 Å². The molecule has 0 radical (unpaired) electrons. The number of piperidine rings is 1. The minimum atomic E-state index is 0.134. The van der Waals surface area contributed by atoms with E-state index in [4.69, 9.17) is 0 Å². The van der Waals surface area contributed by atoms with Crippen molar-refractivity contribution in [2.75, 3.05) is 26.7 Å². The van der Waals surface area contributed by atoms with Crippen molar-refractivity contribution in [1.82, 2.24) is 15.5 Å². The molecule has 0 spiro atoms. The molecule has 2 unspecified atom stereocenters. The smallest absolute Gasteiger partial charge is 0.233 e. The molecule has 116 valence electrons. The molecule has 1 amide bonds. The quantitative estimate of drug-likeness (QED) is 0.807. The van der Waals surface area contributed by atoms with Gasteiger partial charge in [-0.05, 0) is 31.6 Å². The highest BCUT2D eigenvalue weighted by Gasteiger charge is 2.25. The Kier molecular flexibility index (Phi) is 6.30. The minimum absolute atomic E-state index is 0.134. The van der Waals surface area contributed by atoms with Crippen molar-refractivity contribution in [3.63, 3.8) is 0 Å². The standard InChI is InChI=1S/C16H31N3O/c1-3-13-5-4-6-15(11-13)18-14-7-9-19(10-8-14)12-16(20)17-2/h13-15,18H,3-12H2,1-2H3,(H,17,20). The molecular formula is C16H31N3O. The second kappa shape index (κ2) is 7.99. The molecular weight excluding hydrogens is 250 g/mol. The molecule has 0 aromatic rings. The third-order valence-electron chi connectivity index (χ3n) is 5.07. The van der Waals surface area contributed by atoms with Crippen LogP contribution in [0.4, 0.5) is 0 Å². The predicted molar refractivity (Wildman–Crippen MR) is 82.7 cm³/mol. The van der Waals surface area contributed by atoms with Crippen molar-refractivity contribution in [1.29, 1.82) is 0 Å². The summed E-state index contributed by atoms with van der Waals surface area (Å²) in [5, 5.41) is 6.59. The Morgan fingerprint density at radius 3 is 2.55 bits per heavy atom. The molecule has 2 aliphatic rings. The Morgan fingerprint density at radius 2 is 1.90 bits per heavy atom. The number of likely N-dealkylation sites (N-methyl/N-ethyl adjacent to an activating group) is 1. The summed E-state index contributed by atoms with van der Waals surface area (Å²) in [7, 11) is 1.71. The fraction of sp³-hybridized carbons (Fsp3) is 0.938. The molecule has 0 aromatic heterocycles. The summed E-state index contributed by atoms with van der Waals surface area (Å²) in [4.78, 5) is 13.6. The van der Waals surface area contributed by atoms with Gasteiger partial charge in [-0.25, -0.2) is 0 Å². The van der Waals surface area contributed by atoms with Crippen LogP contribution in [-0.2, 0) is 4.79 Å². The average molecular weight is 281 g/mol. The first-order chi connectivity index (χ1) is 9.71.